The van der Waals surface area contributed by atoms with Gasteiger partial charge in [0, 0.05) is 41.9 Å². The third kappa shape index (κ3) is 4.86. The largest absolute Gasteiger partial charge is 0.464 e. The Labute approximate surface area is 195 Å². The predicted molar refractivity (Wildman–Crippen MR) is 124 cm³/mol. The Bertz CT molecular complexity index is 1240. The molecule has 10 heteroatoms. The van der Waals surface area contributed by atoms with Crippen LogP contribution in [-0.2, 0) is 11.2 Å². The molecule has 3 aromatic rings. The fraction of sp³-hybridized carbons (Fsp3) is 0.500. The molecule has 1 amide bonds. The average molecular weight is 478 g/mol. The number of fused-ring (bicyclic) bond motifs is 2. The fourth-order valence-electron chi connectivity index (χ4n) is 4.08. The number of aliphatic hydroxyl groups is 5. The van der Waals surface area contributed by atoms with E-state index in [4.69, 9.17) is 13.9 Å². The standard InChI is InChI=1S/C24H31NO9/c1-11-10-33-22-13(3)23-16(7-15(11)22)12(2)14(24(32)34-23)5-6-19(29)25(4)8-17(27)20(30)21(31)18(28)9-26/h7,10,17-18,20-21,26-28,30-31H,5-6,8-9H2,1-4H3/t17-,18-,20+,21-/m1/s1. The van der Waals surface area contributed by atoms with E-state index in [9.17, 15) is 30.0 Å². The Morgan fingerprint density at radius 3 is 2.29 bits per heavy atom. The lowest BCUT2D eigenvalue weighted by Gasteiger charge is -2.28. The first-order valence-corrected chi connectivity index (χ1v) is 11.0. The Morgan fingerprint density at radius 1 is 1.00 bits per heavy atom. The van der Waals surface area contributed by atoms with Gasteiger partial charge in [0.1, 0.15) is 35.6 Å². The summed E-state index contributed by atoms with van der Waals surface area (Å²) in [5.74, 6) is -0.403. The van der Waals surface area contributed by atoms with Crippen molar-refractivity contribution in [3.63, 3.8) is 0 Å². The molecular formula is C24H31NO9. The lowest BCUT2D eigenvalue weighted by atomic mass is 9.98. The van der Waals surface area contributed by atoms with E-state index in [1.807, 2.05) is 19.9 Å². The molecule has 34 heavy (non-hydrogen) atoms. The highest BCUT2D eigenvalue weighted by Gasteiger charge is 2.31. The van der Waals surface area contributed by atoms with E-state index in [-0.39, 0.29) is 19.4 Å². The number of likely N-dealkylation sites (N-methyl/N-ethyl adjacent to an activating group) is 1. The molecule has 2 aromatic heterocycles. The summed E-state index contributed by atoms with van der Waals surface area (Å²) in [6, 6.07) is 1.91. The topological polar surface area (TPSA) is 165 Å². The van der Waals surface area contributed by atoms with E-state index in [0.717, 1.165) is 26.8 Å². The molecule has 4 atom stereocenters. The van der Waals surface area contributed by atoms with E-state index >= 15 is 0 Å². The smallest absolute Gasteiger partial charge is 0.339 e. The van der Waals surface area contributed by atoms with Crippen molar-refractivity contribution >= 4 is 27.8 Å². The molecule has 0 radical (unpaired) electrons. The summed E-state index contributed by atoms with van der Waals surface area (Å²) in [5, 5.41) is 49.7. The minimum absolute atomic E-state index is 0.0514. The number of furan rings is 1. The van der Waals surface area contributed by atoms with E-state index in [1.165, 1.54) is 7.05 Å². The van der Waals surface area contributed by atoms with E-state index in [1.54, 1.807) is 13.2 Å². The first-order valence-electron chi connectivity index (χ1n) is 11.0. The number of nitrogens with zero attached hydrogens (tertiary/aromatic N) is 1. The second-order valence-corrected chi connectivity index (χ2v) is 8.74. The third-order valence-electron chi connectivity index (χ3n) is 6.34. The number of benzene rings is 1. The van der Waals surface area contributed by atoms with Crippen molar-refractivity contribution < 1.29 is 39.2 Å². The summed E-state index contributed by atoms with van der Waals surface area (Å²) in [6.07, 6.45) is -5.02. The second kappa shape index (κ2) is 10.2. The van der Waals surface area contributed by atoms with E-state index < -0.39 is 42.6 Å². The van der Waals surface area contributed by atoms with Crippen molar-refractivity contribution in [3.05, 3.63) is 45.0 Å². The molecule has 0 saturated heterocycles. The minimum atomic E-state index is -1.78. The second-order valence-electron chi connectivity index (χ2n) is 8.74. The van der Waals surface area contributed by atoms with Crippen molar-refractivity contribution in [1.82, 2.24) is 4.90 Å². The first-order chi connectivity index (χ1) is 16.0. The van der Waals surface area contributed by atoms with Gasteiger partial charge in [-0.15, -0.1) is 0 Å². The Morgan fingerprint density at radius 2 is 1.65 bits per heavy atom. The van der Waals surface area contributed by atoms with Crippen molar-refractivity contribution in [2.45, 2.75) is 58.0 Å². The monoisotopic (exact) mass is 477 g/mol. The van der Waals surface area contributed by atoms with Gasteiger partial charge in [0.25, 0.3) is 0 Å². The summed E-state index contributed by atoms with van der Waals surface area (Å²) in [7, 11) is 1.41. The van der Waals surface area contributed by atoms with Gasteiger partial charge in [0.15, 0.2) is 0 Å². The number of aliphatic hydroxyl groups excluding tert-OH is 5. The van der Waals surface area contributed by atoms with E-state index in [2.05, 4.69) is 0 Å². The van der Waals surface area contributed by atoms with Crippen LogP contribution >= 0.6 is 0 Å². The summed E-state index contributed by atoms with van der Waals surface area (Å²) in [5.41, 5.74) is 3.33. The molecule has 0 bridgehead atoms. The van der Waals surface area contributed by atoms with Crippen LogP contribution in [0.1, 0.15) is 28.7 Å². The van der Waals surface area contributed by atoms with Crippen LogP contribution in [0, 0.1) is 20.8 Å². The predicted octanol–water partition coefficient (Wildman–Crippen LogP) is 0.291. The molecule has 10 nitrogen and oxygen atoms in total. The van der Waals surface area contributed by atoms with Gasteiger partial charge in [-0.1, -0.05) is 0 Å². The molecule has 0 aliphatic heterocycles. The van der Waals surface area contributed by atoms with Crippen LogP contribution < -0.4 is 5.63 Å². The molecule has 0 aliphatic rings. The van der Waals surface area contributed by atoms with Crippen LogP contribution in [-0.4, -0.2) is 81.0 Å². The van der Waals surface area contributed by atoms with E-state index in [0.29, 0.717) is 22.3 Å². The van der Waals surface area contributed by atoms with Crippen molar-refractivity contribution in [2.75, 3.05) is 20.2 Å². The Kier molecular flexibility index (Phi) is 7.79. The zero-order valence-electron chi connectivity index (χ0n) is 19.6. The highest BCUT2D eigenvalue weighted by Crippen LogP contribution is 2.32. The number of hydrogen-bond donors (Lipinski definition) is 5. The zero-order valence-corrected chi connectivity index (χ0v) is 19.6. The maximum Gasteiger partial charge on any atom is 0.339 e. The summed E-state index contributed by atoms with van der Waals surface area (Å²) in [6.45, 7) is 4.44. The van der Waals surface area contributed by atoms with Crippen molar-refractivity contribution in [1.29, 1.82) is 0 Å². The van der Waals surface area contributed by atoms with Crippen LogP contribution in [0.15, 0.2) is 26.0 Å². The number of aryl methyl sites for hydroxylation is 3. The maximum atomic E-state index is 12.7. The SMILES string of the molecule is Cc1coc2c(C)c3oc(=O)c(CCC(=O)N(C)C[C@@H](O)[C@H](O)[C@H](O)[C@H](O)CO)c(C)c3cc12. The molecule has 0 unspecified atom stereocenters. The van der Waals surface area contributed by atoms with Crippen LogP contribution in [0.5, 0.6) is 0 Å². The highest BCUT2D eigenvalue weighted by atomic mass is 16.4. The van der Waals surface area contributed by atoms with Gasteiger partial charge >= 0.3 is 5.63 Å². The van der Waals surface area contributed by atoms with Crippen molar-refractivity contribution in [2.24, 2.45) is 0 Å². The number of rotatable bonds is 9. The molecule has 5 N–H and O–H groups in total. The lowest BCUT2D eigenvalue weighted by molar-refractivity contribution is -0.137. The fourth-order valence-corrected chi connectivity index (χ4v) is 4.08. The van der Waals surface area contributed by atoms with Gasteiger partial charge in [0.05, 0.1) is 12.9 Å². The molecule has 0 spiro atoms. The quantitative estimate of drug-likeness (QED) is 0.272. The highest BCUT2D eigenvalue weighted by molar-refractivity contribution is 5.99. The number of hydrogen-bond acceptors (Lipinski definition) is 9. The zero-order chi connectivity index (χ0) is 25.3. The van der Waals surface area contributed by atoms with Crippen LogP contribution in [0.2, 0.25) is 0 Å². The minimum Gasteiger partial charge on any atom is -0.464 e. The molecule has 3 rings (SSSR count). The summed E-state index contributed by atoms with van der Waals surface area (Å²) in [4.78, 5) is 26.5. The molecule has 0 fully saturated rings. The van der Waals surface area contributed by atoms with Crippen LogP contribution in [0.4, 0.5) is 0 Å². The number of carbonyl (C=O) groups excluding carboxylic acids is 1. The Hall–Kier alpha value is -2.76. The normalized spacial score (nSPS) is 15.4. The molecular weight excluding hydrogens is 446 g/mol. The van der Waals surface area contributed by atoms with Gasteiger partial charge in [0.2, 0.25) is 5.91 Å². The molecule has 1 aromatic carbocycles. The Balaban J connectivity index is 1.75. The number of amides is 1. The van der Waals surface area contributed by atoms with Gasteiger partial charge in [-0.2, -0.15) is 0 Å². The lowest BCUT2D eigenvalue weighted by Crippen LogP contribution is -2.50. The number of carbonyl (C=O) groups is 1. The third-order valence-corrected chi connectivity index (χ3v) is 6.34. The average Bonchev–Trinajstić information content (AvgIpc) is 3.18. The van der Waals surface area contributed by atoms with Crippen LogP contribution in [0.3, 0.4) is 0 Å². The van der Waals surface area contributed by atoms with Crippen molar-refractivity contribution in [3.8, 4) is 0 Å². The van der Waals surface area contributed by atoms with Gasteiger partial charge in [-0.25, -0.2) is 4.79 Å². The summed E-state index contributed by atoms with van der Waals surface area (Å²) < 4.78 is 11.2. The summed E-state index contributed by atoms with van der Waals surface area (Å²) >= 11 is 0. The van der Waals surface area contributed by atoms with Gasteiger partial charge in [-0.05, 0) is 44.4 Å². The molecule has 186 valence electrons. The molecule has 0 saturated carbocycles. The van der Waals surface area contributed by atoms with Crippen LogP contribution in [0.25, 0.3) is 21.9 Å². The molecule has 0 aliphatic carbocycles. The van der Waals surface area contributed by atoms with Gasteiger partial charge < -0.3 is 39.3 Å². The van der Waals surface area contributed by atoms with Gasteiger partial charge in [-0.3, -0.25) is 4.79 Å². The first kappa shape index (κ1) is 25.9. The maximum absolute atomic E-state index is 12.7. The molecule has 2 heterocycles.